The Bertz CT molecular complexity index is 438. The van der Waals surface area contributed by atoms with Crippen molar-refractivity contribution in [3.05, 3.63) is 0 Å². The second kappa shape index (κ2) is 4.30. The first-order valence-electron chi connectivity index (χ1n) is 6.59. The first-order chi connectivity index (χ1) is 8.67. The zero-order chi connectivity index (χ0) is 14.4. The Morgan fingerprint density at radius 1 is 1.32 bits per heavy atom. The van der Waals surface area contributed by atoms with Crippen LogP contribution in [-0.2, 0) is 9.59 Å². The Morgan fingerprint density at radius 3 is 2.37 bits per heavy atom. The van der Waals surface area contributed by atoms with Gasteiger partial charge in [0.2, 0.25) is 5.91 Å². The van der Waals surface area contributed by atoms with Crippen molar-refractivity contribution in [1.29, 1.82) is 0 Å². The lowest BCUT2D eigenvalue weighted by atomic mass is 9.48. The van der Waals surface area contributed by atoms with Crippen LogP contribution in [0.5, 0.6) is 0 Å². The quantitative estimate of drug-likeness (QED) is 0.663. The summed E-state index contributed by atoms with van der Waals surface area (Å²) in [7, 11) is 0. The topological polar surface area (TPSA) is 96.6 Å². The van der Waals surface area contributed by atoms with Crippen LogP contribution in [0.4, 0.5) is 0 Å². The molecule has 6 nitrogen and oxygen atoms in total. The molecule has 0 aromatic rings. The number of hydrogen-bond donors (Lipinski definition) is 3. The van der Waals surface area contributed by atoms with E-state index in [1.807, 2.05) is 0 Å². The smallest absolute Gasteiger partial charge is 0.267 e. The molecule has 4 N–H and O–H groups in total. The highest BCUT2D eigenvalue weighted by Crippen LogP contribution is 2.52. The number of carbonyl (C=O) groups excluding carboxylic acids is 2. The van der Waals surface area contributed by atoms with Crippen molar-refractivity contribution < 1.29 is 9.59 Å². The average molecular weight is 266 g/mol. The molecule has 106 valence electrons. The molecule has 0 unspecified atom stereocenters. The number of rotatable bonds is 2. The Hall–Kier alpha value is -1.43. The Kier molecular flexibility index (Phi) is 3.16. The number of nitrogens with zero attached hydrogens (tertiary/aromatic N) is 1. The summed E-state index contributed by atoms with van der Waals surface area (Å²) in [6, 6.07) is 0.0427. The van der Waals surface area contributed by atoms with E-state index < -0.39 is 0 Å². The minimum Gasteiger partial charge on any atom is -0.347 e. The molecule has 0 radical (unpaired) electrons. The van der Waals surface area contributed by atoms with Crippen LogP contribution < -0.4 is 16.5 Å². The third-order valence-electron chi connectivity index (χ3n) is 4.53. The Labute approximate surface area is 113 Å². The maximum Gasteiger partial charge on any atom is 0.267 e. The molecule has 0 atom stereocenters. The van der Waals surface area contributed by atoms with Gasteiger partial charge >= 0.3 is 0 Å². The molecule has 1 aliphatic heterocycles. The summed E-state index contributed by atoms with van der Waals surface area (Å²) in [6.45, 7) is 8.22. The molecule has 2 amide bonds. The van der Waals surface area contributed by atoms with Gasteiger partial charge in [-0.25, -0.2) is 5.43 Å². The molecule has 1 saturated carbocycles. The molecule has 1 heterocycles. The summed E-state index contributed by atoms with van der Waals surface area (Å²) in [6.07, 6.45) is 0.695. The van der Waals surface area contributed by atoms with Gasteiger partial charge in [-0.05, 0) is 0 Å². The predicted molar refractivity (Wildman–Crippen MR) is 72.3 cm³/mol. The summed E-state index contributed by atoms with van der Waals surface area (Å²) in [5, 5.41) is 6.82. The van der Waals surface area contributed by atoms with E-state index >= 15 is 0 Å². The van der Waals surface area contributed by atoms with Gasteiger partial charge in [-0.3, -0.25) is 9.59 Å². The molecule has 0 aromatic heterocycles. The van der Waals surface area contributed by atoms with Gasteiger partial charge in [0.1, 0.15) is 5.71 Å². The number of hydrazone groups is 1. The fraction of sp³-hybridized carbons (Fsp3) is 0.769. The van der Waals surface area contributed by atoms with Gasteiger partial charge in [0.05, 0.1) is 0 Å². The lowest BCUT2D eigenvalue weighted by molar-refractivity contribution is -0.126. The van der Waals surface area contributed by atoms with Crippen LogP contribution in [0.15, 0.2) is 5.10 Å². The van der Waals surface area contributed by atoms with E-state index in [0.717, 1.165) is 0 Å². The minimum absolute atomic E-state index is 0.00262. The molecule has 0 aromatic carbocycles. The third-order valence-corrected chi connectivity index (χ3v) is 4.53. The summed E-state index contributed by atoms with van der Waals surface area (Å²) in [5.74, 6) is -0.360. The fourth-order valence-corrected chi connectivity index (χ4v) is 3.40. The van der Waals surface area contributed by atoms with E-state index in [1.54, 1.807) is 0 Å². The van der Waals surface area contributed by atoms with Crippen LogP contribution in [0.25, 0.3) is 0 Å². The molecule has 1 aliphatic carbocycles. The SMILES string of the molecule is CC1(C)C(N)C(C)(C)C1NC(=O)C1=NNC(=O)CC1. The van der Waals surface area contributed by atoms with Gasteiger partial charge in [-0.1, -0.05) is 27.7 Å². The van der Waals surface area contributed by atoms with Crippen molar-refractivity contribution in [3.8, 4) is 0 Å². The zero-order valence-corrected chi connectivity index (χ0v) is 11.9. The van der Waals surface area contributed by atoms with E-state index in [4.69, 9.17) is 5.73 Å². The van der Waals surface area contributed by atoms with Crippen LogP contribution in [-0.4, -0.2) is 29.6 Å². The second-order valence-corrected chi connectivity index (χ2v) is 6.62. The maximum absolute atomic E-state index is 12.2. The van der Waals surface area contributed by atoms with E-state index in [0.29, 0.717) is 18.6 Å². The van der Waals surface area contributed by atoms with Crippen molar-refractivity contribution >= 4 is 17.5 Å². The summed E-state index contributed by atoms with van der Waals surface area (Å²) >= 11 is 0. The highest BCUT2D eigenvalue weighted by Gasteiger charge is 2.60. The van der Waals surface area contributed by atoms with E-state index in [2.05, 4.69) is 43.5 Å². The van der Waals surface area contributed by atoms with Crippen LogP contribution >= 0.6 is 0 Å². The number of nitrogens with two attached hydrogens (primary N) is 1. The van der Waals surface area contributed by atoms with E-state index in [1.165, 1.54) is 0 Å². The van der Waals surface area contributed by atoms with Crippen molar-refractivity contribution in [2.45, 2.75) is 52.6 Å². The fourth-order valence-electron chi connectivity index (χ4n) is 3.40. The molecule has 19 heavy (non-hydrogen) atoms. The van der Waals surface area contributed by atoms with Gasteiger partial charge in [0, 0.05) is 35.8 Å². The zero-order valence-electron chi connectivity index (χ0n) is 11.9. The molecule has 1 fully saturated rings. The Morgan fingerprint density at radius 2 is 1.89 bits per heavy atom. The minimum atomic E-state index is -0.210. The van der Waals surface area contributed by atoms with Gasteiger partial charge in [0.15, 0.2) is 0 Å². The lowest BCUT2D eigenvalue weighted by Gasteiger charge is -2.62. The van der Waals surface area contributed by atoms with Crippen molar-refractivity contribution in [2.24, 2.45) is 21.7 Å². The average Bonchev–Trinajstić information content (AvgIpc) is 2.35. The number of amides is 2. The third kappa shape index (κ3) is 2.14. The Balaban J connectivity index is 2.06. The standard InChI is InChI=1S/C13H22N4O2/c1-12(2)10(14)13(3,4)11(12)15-9(19)7-5-6-8(18)17-16-7/h10-11H,5-6,14H2,1-4H3,(H,15,19)(H,17,18). The molecule has 0 bridgehead atoms. The number of nitrogens with one attached hydrogen (secondary N) is 2. The summed E-state index contributed by atoms with van der Waals surface area (Å²) in [5.41, 5.74) is 8.59. The monoisotopic (exact) mass is 266 g/mol. The highest BCUT2D eigenvalue weighted by atomic mass is 16.2. The van der Waals surface area contributed by atoms with Crippen LogP contribution in [0.3, 0.4) is 0 Å². The predicted octanol–water partition coefficient (Wildman–Crippen LogP) is 0.131. The molecular formula is C13H22N4O2. The van der Waals surface area contributed by atoms with Gasteiger partial charge in [-0.15, -0.1) is 0 Å². The first-order valence-corrected chi connectivity index (χ1v) is 6.59. The van der Waals surface area contributed by atoms with Crippen molar-refractivity contribution in [2.75, 3.05) is 0 Å². The molecular weight excluding hydrogens is 244 g/mol. The largest absolute Gasteiger partial charge is 0.347 e. The molecule has 2 rings (SSSR count). The summed E-state index contributed by atoms with van der Waals surface area (Å²) in [4.78, 5) is 23.2. The van der Waals surface area contributed by atoms with Crippen molar-refractivity contribution in [3.63, 3.8) is 0 Å². The second-order valence-electron chi connectivity index (χ2n) is 6.62. The first kappa shape index (κ1) is 14.0. The highest BCUT2D eigenvalue weighted by molar-refractivity contribution is 6.39. The number of carbonyl (C=O) groups is 2. The van der Waals surface area contributed by atoms with Gasteiger partial charge in [0.25, 0.3) is 5.91 Å². The van der Waals surface area contributed by atoms with E-state index in [9.17, 15) is 9.59 Å². The lowest BCUT2D eigenvalue weighted by Crippen LogP contribution is -2.76. The van der Waals surface area contributed by atoms with Crippen LogP contribution in [0.2, 0.25) is 0 Å². The van der Waals surface area contributed by atoms with Gasteiger partial charge < -0.3 is 11.1 Å². The van der Waals surface area contributed by atoms with Crippen molar-refractivity contribution in [1.82, 2.24) is 10.7 Å². The van der Waals surface area contributed by atoms with Gasteiger partial charge in [-0.2, -0.15) is 5.10 Å². The maximum atomic E-state index is 12.2. The normalized spacial score (nSPS) is 31.8. The van der Waals surface area contributed by atoms with Crippen LogP contribution in [0, 0.1) is 10.8 Å². The number of hydrogen-bond acceptors (Lipinski definition) is 4. The molecule has 0 spiro atoms. The molecule has 6 heteroatoms. The summed E-state index contributed by atoms with van der Waals surface area (Å²) < 4.78 is 0. The van der Waals surface area contributed by atoms with E-state index in [-0.39, 0.29) is 34.7 Å². The molecule has 0 saturated heterocycles. The van der Waals surface area contributed by atoms with Crippen LogP contribution in [0.1, 0.15) is 40.5 Å². The molecule has 2 aliphatic rings.